The summed E-state index contributed by atoms with van der Waals surface area (Å²) in [6, 6.07) is 7.61. The van der Waals surface area contributed by atoms with Gasteiger partial charge in [-0.05, 0) is 31.2 Å². The summed E-state index contributed by atoms with van der Waals surface area (Å²) in [5.41, 5.74) is 4.49. The molecule has 1 N–H and O–H groups in total. The molecule has 0 atom stereocenters. The predicted octanol–water partition coefficient (Wildman–Crippen LogP) is 4.45. The molecule has 0 bridgehead atoms. The highest BCUT2D eigenvalue weighted by atomic mass is 16.5. The number of carbonyl (C=O) groups is 2. The fraction of sp³-hybridized carbons (Fsp3) is 0.400. The van der Waals surface area contributed by atoms with Gasteiger partial charge in [-0.2, -0.15) is 0 Å². The summed E-state index contributed by atoms with van der Waals surface area (Å²) in [7, 11) is 0. The van der Waals surface area contributed by atoms with Gasteiger partial charge in [-0.25, -0.2) is 4.79 Å². The molecule has 4 rings (SSSR count). The molecule has 1 fully saturated rings. The number of ether oxygens (including phenoxy) is 1. The summed E-state index contributed by atoms with van der Waals surface area (Å²) in [6.07, 6.45) is 5.58. The maximum Gasteiger partial charge on any atom is 0.355 e. The Labute approximate surface area is 141 Å². The molecule has 0 amide bonds. The maximum absolute atomic E-state index is 13.0. The zero-order valence-electron chi connectivity index (χ0n) is 13.9. The predicted molar refractivity (Wildman–Crippen MR) is 91.4 cm³/mol. The topological polar surface area (TPSA) is 59.2 Å². The van der Waals surface area contributed by atoms with E-state index in [0.717, 1.165) is 48.1 Å². The Kier molecular flexibility index (Phi) is 3.75. The number of hydrogen-bond donors (Lipinski definition) is 1. The molecule has 0 saturated heterocycles. The van der Waals surface area contributed by atoms with Crippen molar-refractivity contribution >= 4 is 11.8 Å². The third-order valence-electron chi connectivity index (χ3n) is 5.20. The third kappa shape index (κ3) is 2.20. The van der Waals surface area contributed by atoms with Gasteiger partial charge in [0.1, 0.15) is 5.69 Å². The van der Waals surface area contributed by atoms with Crippen LogP contribution in [0.3, 0.4) is 0 Å². The molecule has 2 aromatic rings. The summed E-state index contributed by atoms with van der Waals surface area (Å²) in [5, 5.41) is 0. The van der Waals surface area contributed by atoms with Gasteiger partial charge in [0.2, 0.25) is 0 Å². The summed E-state index contributed by atoms with van der Waals surface area (Å²) >= 11 is 0. The van der Waals surface area contributed by atoms with Gasteiger partial charge < -0.3 is 9.72 Å². The van der Waals surface area contributed by atoms with E-state index >= 15 is 0 Å². The number of aromatic nitrogens is 1. The highest BCUT2D eigenvalue weighted by molar-refractivity contribution is 6.23. The fourth-order valence-electron chi connectivity index (χ4n) is 4.15. The SMILES string of the molecule is CCOC(=O)c1[nH]c2c(c1C1CCCCC1)C(=O)c1ccccc1-2. The van der Waals surface area contributed by atoms with Gasteiger partial charge in [0.05, 0.1) is 17.9 Å². The normalized spacial score (nSPS) is 16.8. The minimum absolute atomic E-state index is 0.0352. The second-order valence-corrected chi connectivity index (χ2v) is 6.59. The van der Waals surface area contributed by atoms with E-state index in [9.17, 15) is 9.59 Å². The number of rotatable bonds is 3. The van der Waals surface area contributed by atoms with Crippen molar-refractivity contribution in [1.82, 2.24) is 4.98 Å². The summed E-state index contributed by atoms with van der Waals surface area (Å²) in [5.74, 6) is -0.0536. The van der Waals surface area contributed by atoms with E-state index < -0.39 is 0 Å². The average Bonchev–Trinajstić information content (AvgIpc) is 3.13. The molecule has 0 unspecified atom stereocenters. The first kappa shape index (κ1) is 15.2. The van der Waals surface area contributed by atoms with Crippen molar-refractivity contribution in [3.63, 3.8) is 0 Å². The smallest absolute Gasteiger partial charge is 0.355 e. The van der Waals surface area contributed by atoms with Crippen LogP contribution in [0.4, 0.5) is 0 Å². The largest absolute Gasteiger partial charge is 0.461 e. The second-order valence-electron chi connectivity index (χ2n) is 6.59. The molecule has 2 aliphatic carbocycles. The van der Waals surface area contributed by atoms with Gasteiger partial charge in [0.15, 0.2) is 5.78 Å². The molecule has 2 aliphatic rings. The molecule has 124 valence electrons. The van der Waals surface area contributed by atoms with Crippen LogP contribution < -0.4 is 0 Å². The van der Waals surface area contributed by atoms with Crippen molar-refractivity contribution in [2.75, 3.05) is 6.61 Å². The zero-order valence-corrected chi connectivity index (χ0v) is 13.9. The molecule has 1 saturated carbocycles. The lowest BCUT2D eigenvalue weighted by atomic mass is 9.81. The van der Waals surface area contributed by atoms with Gasteiger partial charge in [0, 0.05) is 11.1 Å². The van der Waals surface area contributed by atoms with Crippen LogP contribution in [-0.4, -0.2) is 23.3 Å². The van der Waals surface area contributed by atoms with Gasteiger partial charge in [-0.3, -0.25) is 4.79 Å². The van der Waals surface area contributed by atoms with Crippen LogP contribution >= 0.6 is 0 Å². The average molecular weight is 323 g/mol. The molecule has 4 nitrogen and oxygen atoms in total. The first-order chi connectivity index (χ1) is 11.7. The molecular weight excluding hydrogens is 302 g/mol. The Morgan fingerprint density at radius 1 is 1.17 bits per heavy atom. The minimum Gasteiger partial charge on any atom is -0.461 e. The number of carbonyl (C=O) groups excluding carboxylic acids is 2. The van der Waals surface area contributed by atoms with Crippen molar-refractivity contribution in [1.29, 1.82) is 0 Å². The summed E-state index contributed by atoms with van der Waals surface area (Å²) in [4.78, 5) is 28.7. The van der Waals surface area contributed by atoms with Gasteiger partial charge in [-0.1, -0.05) is 43.5 Å². The number of hydrogen-bond acceptors (Lipinski definition) is 3. The van der Waals surface area contributed by atoms with Crippen molar-refractivity contribution in [2.45, 2.75) is 44.9 Å². The molecule has 1 aromatic carbocycles. The second kappa shape index (κ2) is 5.93. The monoisotopic (exact) mass is 323 g/mol. The van der Waals surface area contributed by atoms with Crippen LogP contribution in [0.5, 0.6) is 0 Å². The van der Waals surface area contributed by atoms with Crippen LogP contribution in [0.2, 0.25) is 0 Å². The number of H-pyrrole nitrogens is 1. The lowest BCUT2D eigenvalue weighted by Gasteiger charge is -2.23. The summed E-state index contributed by atoms with van der Waals surface area (Å²) < 4.78 is 5.24. The van der Waals surface area contributed by atoms with E-state index in [0.29, 0.717) is 17.9 Å². The Hall–Kier alpha value is -2.36. The molecular formula is C20H21NO3. The Morgan fingerprint density at radius 3 is 2.58 bits per heavy atom. The number of nitrogens with one attached hydrogen (secondary N) is 1. The standard InChI is InChI=1S/C20H21NO3/c1-2-24-20(23)18-15(12-8-4-3-5-9-12)16-17(21-18)13-10-6-7-11-14(13)19(16)22/h6-7,10-12,21H,2-5,8-9H2,1H3. The van der Waals surface area contributed by atoms with Gasteiger partial charge >= 0.3 is 5.97 Å². The number of fused-ring (bicyclic) bond motifs is 3. The highest BCUT2D eigenvalue weighted by Gasteiger charge is 2.37. The minimum atomic E-state index is -0.349. The van der Waals surface area contributed by atoms with E-state index in [1.54, 1.807) is 6.92 Å². The van der Waals surface area contributed by atoms with E-state index in [1.807, 2.05) is 24.3 Å². The van der Waals surface area contributed by atoms with E-state index in [4.69, 9.17) is 4.74 Å². The molecule has 0 aliphatic heterocycles. The summed E-state index contributed by atoms with van der Waals surface area (Å²) in [6.45, 7) is 2.13. The van der Waals surface area contributed by atoms with Crippen LogP contribution in [0.1, 0.15) is 76.9 Å². The van der Waals surface area contributed by atoms with Crippen LogP contribution in [0.25, 0.3) is 11.3 Å². The first-order valence-corrected chi connectivity index (χ1v) is 8.79. The lowest BCUT2D eigenvalue weighted by Crippen LogP contribution is -2.15. The van der Waals surface area contributed by atoms with Gasteiger partial charge in [0.25, 0.3) is 0 Å². The van der Waals surface area contributed by atoms with E-state index in [-0.39, 0.29) is 17.7 Å². The highest BCUT2D eigenvalue weighted by Crippen LogP contribution is 2.45. The van der Waals surface area contributed by atoms with Gasteiger partial charge in [-0.15, -0.1) is 0 Å². The lowest BCUT2D eigenvalue weighted by molar-refractivity contribution is 0.0518. The molecule has 4 heteroatoms. The maximum atomic E-state index is 13.0. The Balaban J connectivity index is 1.89. The molecule has 0 spiro atoms. The molecule has 1 heterocycles. The van der Waals surface area contributed by atoms with Crippen LogP contribution in [-0.2, 0) is 4.74 Å². The number of aromatic amines is 1. The Morgan fingerprint density at radius 2 is 1.88 bits per heavy atom. The molecule has 0 radical (unpaired) electrons. The fourth-order valence-corrected chi connectivity index (χ4v) is 4.15. The van der Waals surface area contributed by atoms with Crippen molar-refractivity contribution < 1.29 is 14.3 Å². The van der Waals surface area contributed by atoms with E-state index in [2.05, 4.69) is 4.98 Å². The quantitative estimate of drug-likeness (QED) is 0.724. The van der Waals surface area contributed by atoms with Crippen LogP contribution in [0.15, 0.2) is 24.3 Å². The number of ketones is 1. The number of esters is 1. The Bertz CT molecular complexity index is 812. The van der Waals surface area contributed by atoms with Crippen molar-refractivity contribution in [3.05, 3.63) is 46.6 Å². The van der Waals surface area contributed by atoms with Crippen molar-refractivity contribution in [3.8, 4) is 11.3 Å². The molecule has 1 aromatic heterocycles. The van der Waals surface area contributed by atoms with Crippen molar-refractivity contribution in [2.24, 2.45) is 0 Å². The number of benzene rings is 1. The first-order valence-electron chi connectivity index (χ1n) is 8.79. The van der Waals surface area contributed by atoms with Crippen LogP contribution in [0, 0.1) is 0 Å². The zero-order chi connectivity index (χ0) is 16.7. The third-order valence-corrected chi connectivity index (χ3v) is 5.20. The van der Waals surface area contributed by atoms with E-state index in [1.165, 1.54) is 6.42 Å². The molecule has 24 heavy (non-hydrogen) atoms.